The Morgan fingerprint density at radius 1 is 1.43 bits per heavy atom. The molecule has 2 rings (SSSR count). The van der Waals surface area contributed by atoms with Crippen molar-refractivity contribution >= 4 is 17.9 Å². The predicted octanol–water partition coefficient (Wildman–Crippen LogP) is 0.504. The van der Waals surface area contributed by atoms with Crippen LogP contribution in [0, 0.1) is 5.41 Å². The highest BCUT2D eigenvalue weighted by Crippen LogP contribution is 2.35. The maximum Gasteiger partial charge on any atom is 0.318 e. The van der Waals surface area contributed by atoms with Gasteiger partial charge in [0.1, 0.15) is 6.04 Å². The molecule has 0 aliphatic carbocycles. The van der Waals surface area contributed by atoms with Gasteiger partial charge in [0.15, 0.2) is 0 Å². The Hall–Kier alpha value is -1.79. The number of nitrogens with zero attached hydrogens (tertiary/aromatic N) is 2. The minimum atomic E-state index is -0.837. The van der Waals surface area contributed by atoms with E-state index < -0.39 is 17.4 Å². The quantitative estimate of drug-likeness (QED) is 0.791. The van der Waals surface area contributed by atoms with Crippen LogP contribution >= 0.6 is 0 Å². The van der Waals surface area contributed by atoms with Crippen LogP contribution in [0.4, 0.5) is 4.79 Å². The molecule has 2 aliphatic heterocycles. The van der Waals surface area contributed by atoms with Crippen molar-refractivity contribution in [2.75, 3.05) is 26.7 Å². The van der Waals surface area contributed by atoms with Crippen LogP contribution in [0.3, 0.4) is 0 Å². The van der Waals surface area contributed by atoms with Gasteiger partial charge in [0.2, 0.25) is 5.91 Å². The van der Waals surface area contributed by atoms with E-state index in [1.165, 1.54) is 4.90 Å². The van der Waals surface area contributed by atoms with E-state index in [1.807, 2.05) is 6.92 Å². The van der Waals surface area contributed by atoms with Crippen LogP contribution in [-0.4, -0.2) is 65.5 Å². The summed E-state index contributed by atoms with van der Waals surface area (Å²) < 4.78 is 0. The molecule has 0 aromatic carbocycles. The van der Waals surface area contributed by atoms with E-state index in [2.05, 4.69) is 5.32 Å². The second-order valence-electron chi connectivity index (χ2n) is 6.06. The Bertz CT molecular complexity index is 454. The second kappa shape index (κ2) is 5.91. The first-order chi connectivity index (χ1) is 9.89. The molecule has 2 unspecified atom stereocenters. The summed E-state index contributed by atoms with van der Waals surface area (Å²) in [4.78, 5) is 38.6. The number of urea groups is 1. The van der Waals surface area contributed by atoms with Gasteiger partial charge in [-0.15, -0.1) is 0 Å². The molecular weight excluding hydrogens is 274 g/mol. The van der Waals surface area contributed by atoms with Gasteiger partial charge in [-0.1, -0.05) is 13.3 Å². The van der Waals surface area contributed by atoms with E-state index in [-0.39, 0.29) is 18.5 Å². The summed E-state index contributed by atoms with van der Waals surface area (Å²) in [6.07, 6.45) is 2.42. The van der Waals surface area contributed by atoms with Crippen LogP contribution in [0.25, 0.3) is 0 Å². The molecule has 21 heavy (non-hydrogen) atoms. The maximum absolute atomic E-state index is 12.2. The van der Waals surface area contributed by atoms with Crippen LogP contribution in [0.5, 0.6) is 0 Å². The number of nitrogens with one attached hydrogen (secondary N) is 1. The highest BCUT2D eigenvalue weighted by atomic mass is 16.4. The molecule has 2 atom stereocenters. The molecular formula is C14H23N3O4. The fourth-order valence-corrected chi connectivity index (χ4v) is 3.21. The zero-order valence-corrected chi connectivity index (χ0v) is 12.6. The van der Waals surface area contributed by atoms with E-state index in [0.717, 1.165) is 6.42 Å². The van der Waals surface area contributed by atoms with Gasteiger partial charge < -0.3 is 20.2 Å². The third-order valence-corrected chi connectivity index (χ3v) is 4.55. The lowest BCUT2D eigenvalue weighted by Gasteiger charge is -2.25. The molecule has 0 saturated carbocycles. The molecule has 7 heteroatoms. The number of amides is 3. The van der Waals surface area contributed by atoms with Gasteiger partial charge in [0.25, 0.3) is 0 Å². The highest BCUT2D eigenvalue weighted by molar-refractivity contribution is 5.89. The Kier molecular flexibility index (Phi) is 4.39. The number of carbonyl (C=O) groups is 3. The number of carboxylic acids is 1. The molecule has 2 N–H and O–H groups in total. The van der Waals surface area contributed by atoms with Crippen molar-refractivity contribution in [1.29, 1.82) is 0 Å². The summed E-state index contributed by atoms with van der Waals surface area (Å²) >= 11 is 0. The van der Waals surface area contributed by atoms with Crippen LogP contribution in [0.2, 0.25) is 0 Å². The number of hydrogen-bond acceptors (Lipinski definition) is 3. The lowest BCUT2D eigenvalue weighted by atomic mass is 9.83. The first kappa shape index (κ1) is 15.6. The van der Waals surface area contributed by atoms with Crippen molar-refractivity contribution in [3.8, 4) is 0 Å². The second-order valence-corrected chi connectivity index (χ2v) is 6.06. The highest BCUT2D eigenvalue weighted by Gasteiger charge is 2.46. The lowest BCUT2D eigenvalue weighted by molar-refractivity contribution is -0.148. The molecule has 118 valence electrons. The Morgan fingerprint density at radius 2 is 2.14 bits per heavy atom. The van der Waals surface area contributed by atoms with Crippen molar-refractivity contribution in [3.05, 3.63) is 0 Å². The molecule has 0 aromatic heterocycles. The van der Waals surface area contributed by atoms with Crippen LogP contribution < -0.4 is 5.32 Å². The summed E-state index contributed by atoms with van der Waals surface area (Å²) in [6.45, 7) is 3.23. The fraction of sp³-hybridized carbons (Fsp3) is 0.786. The zero-order valence-electron chi connectivity index (χ0n) is 12.6. The number of rotatable bonds is 4. The van der Waals surface area contributed by atoms with Crippen molar-refractivity contribution < 1.29 is 19.5 Å². The average molecular weight is 297 g/mol. The standard InChI is InChI=1S/C14H23N3O4/c1-3-5-14(12(19)20)6-8-17(9-14)13(21)15-10-4-7-16(2)11(10)18/h10H,3-9H2,1-2H3,(H,15,21)(H,19,20). The summed E-state index contributed by atoms with van der Waals surface area (Å²) in [5, 5.41) is 12.2. The van der Waals surface area contributed by atoms with Gasteiger partial charge in [-0.05, 0) is 19.3 Å². The number of carbonyl (C=O) groups excluding carboxylic acids is 2. The van der Waals surface area contributed by atoms with Crippen LogP contribution in [-0.2, 0) is 9.59 Å². The van der Waals surface area contributed by atoms with E-state index in [1.54, 1.807) is 11.9 Å². The van der Waals surface area contributed by atoms with Gasteiger partial charge >= 0.3 is 12.0 Å². The van der Waals surface area contributed by atoms with Crippen molar-refractivity contribution in [3.63, 3.8) is 0 Å². The van der Waals surface area contributed by atoms with E-state index in [9.17, 15) is 19.5 Å². The molecule has 2 aliphatic rings. The van der Waals surface area contributed by atoms with E-state index in [0.29, 0.717) is 32.4 Å². The summed E-state index contributed by atoms with van der Waals surface area (Å²) in [5.41, 5.74) is -0.831. The smallest absolute Gasteiger partial charge is 0.318 e. The number of hydrogen-bond donors (Lipinski definition) is 2. The molecule has 2 saturated heterocycles. The van der Waals surface area contributed by atoms with Crippen LogP contribution in [0.1, 0.15) is 32.6 Å². The molecule has 2 heterocycles. The molecule has 2 fully saturated rings. The van der Waals surface area contributed by atoms with Gasteiger partial charge in [0, 0.05) is 26.7 Å². The molecule has 7 nitrogen and oxygen atoms in total. The summed E-state index contributed by atoms with van der Waals surface area (Å²) in [7, 11) is 1.71. The third kappa shape index (κ3) is 2.96. The average Bonchev–Trinajstić information content (AvgIpc) is 2.99. The Labute approximate surface area is 124 Å². The first-order valence-electron chi connectivity index (χ1n) is 7.43. The largest absolute Gasteiger partial charge is 0.481 e. The predicted molar refractivity (Wildman–Crippen MR) is 75.7 cm³/mol. The Balaban J connectivity index is 1.96. The monoisotopic (exact) mass is 297 g/mol. The Morgan fingerprint density at radius 3 is 2.67 bits per heavy atom. The van der Waals surface area contributed by atoms with Crippen molar-refractivity contribution in [2.24, 2.45) is 5.41 Å². The van der Waals surface area contributed by atoms with E-state index >= 15 is 0 Å². The molecule has 0 bridgehead atoms. The number of aliphatic carboxylic acids is 1. The van der Waals surface area contributed by atoms with E-state index in [4.69, 9.17) is 0 Å². The topological polar surface area (TPSA) is 89.9 Å². The summed E-state index contributed by atoms with van der Waals surface area (Å²) in [6, 6.07) is -0.809. The van der Waals surface area contributed by atoms with Crippen molar-refractivity contribution in [1.82, 2.24) is 15.1 Å². The molecule has 3 amide bonds. The van der Waals surface area contributed by atoms with Gasteiger partial charge in [-0.2, -0.15) is 0 Å². The number of likely N-dealkylation sites (N-methyl/N-ethyl adjacent to an activating group) is 1. The van der Waals surface area contributed by atoms with Crippen molar-refractivity contribution in [2.45, 2.75) is 38.6 Å². The van der Waals surface area contributed by atoms with Crippen LogP contribution in [0.15, 0.2) is 0 Å². The lowest BCUT2D eigenvalue weighted by Crippen LogP contribution is -2.48. The number of likely N-dealkylation sites (tertiary alicyclic amines) is 2. The maximum atomic E-state index is 12.2. The molecule has 0 aromatic rings. The number of carboxylic acid groups (broad SMARTS) is 1. The van der Waals surface area contributed by atoms with Gasteiger partial charge in [0.05, 0.1) is 5.41 Å². The normalized spacial score (nSPS) is 29.0. The fourth-order valence-electron chi connectivity index (χ4n) is 3.21. The zero-order chi connectivity index (χ0) is 15.6. The third-order valence-electron chi connectivity index (χ3n) is 4.55. The SMILES string of the molecule is CCCC1(C(=O)O)CCN(C(=O)NC2CCN(C)C2=O)C1. The minimum Gasteiger partial charge on any atom is -0.481 e. The minimum absolute atomic E-state index is 0.0828. The first-order valence-corrected chi connectivity index (χ1v) is 7.43. The van der Waals surface area contributed by atoms with Gasteiger partial charge in [-0.3, -0.25) is 9.59 Å². The molecule has 0 spiro atoms. The van der Waals surface area contributed by atoms with Gasteiger partial charge in [-0.25, -0.2) is 4.79 Å². The molecule has 0 radical (unpaired) electrons. The summed E-state index contributed by atoms with van der Waals surface area (Å²) in [5.74, 6) is -0.920.